The van der Waals surface area contributed by atoms with Crippen molar-refractivity contribution in [2.24, 2.45) is 0 Å². The molecule has 0 unspecified atom stereocenters. The monoisotopic (exact) mass is 286 g/mol. The third-order valence-corrected chi connectivity index (χ3v) is 3.20. The van der Waals surface area contributed by atoms with Crippen LogP contribution in [0.2, 0.25) is 0 Å². The predicted octanol–water partition coefficient (Wildman–Crippen LogP) is 4.25. The van der Waals surface area contributed by atoms with Crippen molar-refractivity contribution < 1.29 is 19.7 Å². The van der Waals surface area contributed by atoms with Crippen molar-refractivity contribution in [3.8, 4) is 22.6 Å². The van der Waals surface area contributed by atoms with Gasteiger partial charge in [0.25, 0.3) is 0 Å². The quantitative estimate of drug-likeness (QED) is 0.395. The zero-order valence-corrected chi connectivity index (χ0v) is 12.3. The Bertz CT molecular complexity index is 630. The van der Waals surface area contributed by atoms with Crippen molar-refractivity contribution in [3.63, 3.8) is 0 Å². The normalized spacial score (nSPS) is 10.5. The first-order valence-corrected chi connectivity index (χ1v) is 6.75. The molecular weight excluding hydrogens is 268 g/mol. The highest BCUT2D eigenvalue weighted by Gasteiger charge is 2.10. The second kappa shape index (κ2) is 6.41. The minimum Gasteiger partial charge on any atom is -0.427 e. The molecule has 0 fully saturated rings. The van der Waals surface area contributed by atoms with Gasteiger partial charge >= 0.3 is 5.97 Å². The van der Waals surface area contributed by atoms with Gasteiger partial charge < -0.3 is 9.62 Å². The Kier molecular flexibility index (Phi) is 4.60. The first-order chi connectivity index (χ1) is 10.0. The maximum atomic E-state index is 10.9. The fourth-order valence-corrected chi connectivity index (χ4v) is 2.09. The van der Waals surface area contributed by atoms with E-state index in [0.29, 0.717) is 11.7 Å². The molecule has 0 aromatic heterocycles. The zero-order chi connectivity index (χ0) is 15.4. The SMILES string of the molecule is CC(=O)Oc1ccc(-c2ccc(C(C)C)cc2)c(OO)c1. The van der Waals surface area contributed by atoms with Gasteiger partial charge in [-0.2, -0.15) is 0 Å². The van der Waals surface area contributed by atoms with Gasteiger partial charge in [0.15, 0.2) is 5.75 Å². The molecule has 0 heterocycles. The van der Waals surface area contributed by atoms with Gasteiger partial charge in [0.2, 0.25) is 0 Å². The first kappa shape index (κ1) is 15.1. The van der Waals surface area contributed by atoms with Crippen LogP contribution in [0, 0.1) is 0 Å². The Balaban J connectivity index is 2.36. The molecule has 0 spiro atoms. The summed E-state index contributed by atoms with van der Waals surface area (Å²) in [4.78, 5) is 15.4. The molecule has 110 valence electrons. The average molecular weight is 286 g/mol. The van der Waals surface area contributed by atoms with Crippen LogP contribution < -0.4 is 9.62 Å². The summed E-state index contributed by atoms with van der Waals surface area (Å²) < 4.78 is 4.97. The van der Waals surface area contributed by atoms with Crippen molar-refractivity contribution in [1.29, 1.82) is 0 Å². The predicted molar refractivity (Wildman–Crippen MR) is 80.5 cm³/mol. The number of ether oxygens (including phenoxy) is 1. The van der Waals surface area contributed by atoms with Crippen LogP contribution in [-0.2, 0) is 4.79 Å². The van der Waals surface area contributed by atoms with Crippen LogP contribution >= 0.6 is 0 Å². The van der Waals surface area contributed by atoms with Gasteiger partial charge in [0.1, 0.15) is 5.75 Å². The molecule has 0 atom stereocenters. The Labute approximate surface area is 123 Å². The second-order valence-corrected chi connectivity index (χ2v) is 5.12. The van der Waals surface area contributed by atoms with Gasteiger partial charge in [-0.05, 0) is 29.2 Å². The Morgan fingerprint density at radius 1 is 1.10 bits per heavy atom. The summed E-state index contributed by atoms with van der Waals surface area (Å²) in [5.74, 6) is 0.604. The standard InChI is InChI=1S/C17H18O4/c1-11(2)13-4-6-14(7-5-13)16-9-8-15(20-12(3)18)10-17(16)21-19/h4-11,19H,1-3H3. The molecule has 0 amide bonds. The molecule has 2 rings (SSSR count). The number of rotatable bonds is 4. The first-order valence-electron chi connectivity index (χ1n) is 6.75. The molecule has 0 radical (unpaired) electrons. The number of benzene rings is 2. The van der Waals surface area contributed by atoms with E-state index in [-0.39, 0.29) is 5.75 Å². The molecular formula is C17H18O4. The van der Waals surface area contributed by atoms with Crippen molar-refractivity contribution in [2.45, 2.75) is 26.7 Å². The molecule has 1 N–H and O–H groups in total. The van der Waals surface area contributed by atoms with E-state index in [2.05, 4.69) is 18.7 Å². The van der Waals surface area contributed by atoms with Gasteiger partial charge in [0, 0.05) is 18.6 Å². The summed E-state index contributed by atoms with van der Waals surface area (Å²) in [7, 11) is 0. The van der Waals surface area contributed by atoms with Crippen LogP contribution in [0.3, 0.4) is 0 Å². The number of carbonyl (C=O) groups is 1. The van der Waals surface area contributed by atoms with E-state index in [4.69, 9.17) is 9.99 Å². The number of hydrogen-bond acceptors (Lipinski definition) is 4. The third-order valence-electron chi connectivity index (χ3n) is 3.20. The van der Waals surface area contributed by atoms with Crippen molar-refractivity contribution >= 4 is 5.97 Å². The lowest BCUT2D eigenvalue weighted by atomic mass is 9.98. The van der Waals surface area contributed by atoms with E-state index in [1.54, 1.807) is 12.1 Å². The van der Waals surface area contributed by atoms with E-state index in [1.165, 1.54) is 18.6 Å². The second-order valence-electron chi connectivity index (χ2n) is 5.12. The minimum atomic E-state index is -0.423. The van der Waals surface area contributed by atoms with Crippen LogP contribution in [0.25, 0.3) is 11.1 Å². The van der Waals surface area contributed by atoms with Crippen molar-refractivity contribution in [3.05, 3.63) is 48.0 Å². The van der Waals surface area contributed by atoms with Crippen LogP contribution in [0.1, 0.15) is 32.3 Å². The van der Waals surface area contributed by atoms with E-state index < -0.39 is 5.97 Å². The van der Waals surface area contributed by atoms with Gasteiger partial charge in [-0.15, -0.1) is 0 Å². The van der Waals surface area contributed by atoms with E-state index >= 15 is 0 Å². The van der Waals surface area contributed by atoms with Crippen molar-refractivity contribution in [1.82, 2.24) is 0 Å². The Morgan fingerprint density at radius 3 is 2.29 bits per heavy atom. The molecule has 0 aliphatic carbocycles. The summed E-state index contributed by atoms with van der Waals surface area (Å²) in [6, 6.07) is 12.9. The van der Waals surface area contributed by atoms with Crippen molar-refractivity contribution in [2.75, 3.05) is 0 Å². The van der Waals surface area contributed by atoms with Gasteiger partial charge in [0.05, 0.1) is 0 Å². The van der Waals surface area contributed by atoms with Gasteiger partial charge in [-0.25, -0.2) is 5.26 Å². The van der Waals surface area contributed by atoms with Crippen LogP contribution in [0.15, 0.2) is 42.5 Å². The highest BCUT2D eigenvalue weighted by atomic mass is 17.1. The minimum absolute atomic E-state index is 0.242. The van der Waals surface area contributed by atoms with Crippen LogP contribution in [0.4, 0.5) is 0 Å². The average Bonchev–Trinajstić information content (AvgIpc) is 2.46. The lowest BCUT2D eigenvalue weighted by Gasteiger charge is -2.11. The molecule has 4 nitrogen and oxygen atoms in total. The molecule has 21 heavy (non-hydrogen) atoms. The van der Waals surface area contributed by atoms with Crippen LogP contribution in [-0.4, -0.2) is 11.2 Å². The Hall–Kier alpha value is -2.33. The van der Waals surface area contributed by atoms with Gasteiger partial charge in [-0.3, -0.25) is 4.79 Å². The topological polar surface area (TPSA) is 55.8 Å². The molecule has 0 aliphatic rings. The van der Waals surface area contributed by atoms with E-state index in [9.17, 15) is 4.79 Å². The summed E-state index contributed by atoms with van der Waals surface area (Å²) in [6.45, 7) is 5.58. The van der Waals surface area contributed by atoms with Crippen LogP contribution in [0.5, 0.6) is 11.5 Å². The third kappa shape index (κ3) is 3.61. The molecule has 0 aliphatic heterocycles. The molecule has 2 aromatic rings. The maximum Gasteiger partial charge on any atom is 0.308 e. The Morgan fingerprint density at radius 2 is 1.76 bits per heavy atom. The maximum absolute atomic E-state index is 10.9. The molecule has 0 saturated heterocycles. The molecule has 4 heteroatoms. The fraction of sp³-hybridized carbons (Fsp3) is 0.235. The summed E-state index contributed by atoms with van der Waals surface area (Å²) in [6.07, 6.45) is 0. The fourth-order valence-electron chi connectivity index (χ4n) is 2.09. The van der Waals surface area contributed by atoms with E-state index in [1.807, 2.05) is 24.3 Å². The largest absolute Gasteiger partial charge is 0.427 e. The van der Waals surface area contributed by atoms with Gasteiger partial charge in [-0.1, -0.05) is 38.1 Å². The zero-order valence-electron chi connectivity index (χ0n) is 12.3. The smallest absolute Gasteiger partial charge is 0.308 e. The summed E-state index contributed by atoms with van der Waals surface area (Å²) in [5.41, 5.74) is 2.88. The number of esters is 1. The number of carbonyl (C=O) groups excluding carboxylic acids is 1. The summed E-state index contributed by atoms with van der Waals surface area (Å²) in [5, 5.41) is 9.04. The molecule has 2 aromatic carbocycles. The lowest BCUT2D eigenvalue weighted by molar-refractivity contribution is -0.137. The highest BCUT2D eigenvalue weighted by Crippen LogP contribution is 2.33. The lowest BCUT2D eigenvalue weighted by Crippen LogP contribution is -2.01. The number of hydrogen-bond donors (Lipinski definition) is 1. The highest BCUT2D eigenvalue weighted by molar-refractivity contribution is 5.74. The van der Waals surface area contributed by atoms with E-state index in [0.717, 1.165) is 11.1 Å². The molecule has 0 bridgehead atoms. The summed E-state index contributed by atoms with van der Waals surface area (Å²) >= 11 is 0. The molecule has 0 saturated carbocycles.